The standard InChI is InChI=1S/C37H37FN6O/c1-22-3-9-30(25-4-7-28(38)8-5-25)35-33(17-22)43-37(44-35)36-31-20-26(6-10-32(31)40-21-41-36)27-15-23(2)16-29(19-27)42-34(45)18-24-11-13-39-14-12-24/h3-10,15-16,19-20,24,39-40H,11-14,17-18,21H2,1-2H3,(H,42,45)(H,43,44). The number of imidazole rings is 1. The quantitative estimate of drug-likeness (QED) is 0.192. The van der Waals surface area contributed by atoms with Gasteiger partial charge in [0.15, 0.2) is 5.82 Å². The van der Waals surface area contributed by atoms with Gasteiger partial charge in [-0.05, 0) is 104 Å². The van der Waals surface area contributed by atoms with Gasteiger partial charge in [-0.15, -0.1) is 0 Å². The molecule has 0 bridgehead atoms. The third kappa shape index (κ3) is 6.24. The molecule has 228 valence electrons. The third-order valence-electron chi connectivity index (χ3n) is 8.81. The number of amides is 1. The van der Waals surface area contributed by atoms with Crippen LogP contribution in [0.5, 0.6) is 0 Å². The van der Waals surface area contributed by atoms with Crippen LogP contribution < -0.4 is 16.0 Å². The van der Waals surface area contributed by atoms with E-state index in [0.29, 0.717) is 24.8 Å². The van der Waals surface area contributed by atoms with Gasteiger partial charge in [-0.2, -0.15) is 0 Å². The molecule has 0 spiro atoms. The van der Waals surface area contributed by atoms with E-state index in [4.69, 9.17) is 9.98 Å². The monoisotopic (exact) mass is 600 g/mol. The Balaban J connectivity index is 1.19. The van der Waals surface area contributed by atoms with Gasteiger partial charge in [0.05, 0.1) is 5.69 Å². The summed E-state index contributed by atoms with van der Waals surface area (Å²) in [5, 5.41) is 9.92. The molecule has 7 nitrogen and oxygen atoms in total. The molecule has 8 heteroatoms. The number of aryl methyl sites for hydroxylation is 1. The van der Waals surface area contributed by atoms with Gasteiger partial charge in [-0.3, -0.25) is 9.79 Å². The molecule has 7 rings (SSSR count). The van der Waals surface area contributed by atoms with Gasteiger partial charge in [0.1, 0.15) is 18.2 Å². The van der Waals surface area contributed by atoms with Crippen molar-refractivity contribution in [3.63, 3.8) is 0 Å². The number of fused-ring (bicyclic) bond motifs is 2. The van der Waals surface area contributed by atoms with Crippen LogP contribution in [0, 0.1) is 18.7 Å². The minimum absolute atomic E-state index is 0.0687. The number of aromatic nitrogens is 2. The van der Waals surface area contributed by atoms with Gasteiger partial charge < -0.3 is 20.9 Å². The molecule has 3 aromatic carbocycles. The Morgan fingerprint density at radius 1 is 0.956 bits per heavy atom. The molecule has 3 heterocycles. The number of aliphatic imine (C=N–C) groups is 1. The number of hydrogen-bond acceptors (Lipinski definition) is 5. The van der Waals surface area contributed by atoms with E-state index in [1.54, 1.807) is 12.1 Å². The summed E-state index contributed by atoms with van der Waals surface area (Å²) in [6.07, 6.45) is 7.53. The van der Waals surface area contributed by atoms with E-state index in [1.807, 2.05) is 12.1 Å². The molecule has 45 heavy (non-hydrogen) atoms. The van der Waals surface area contributed by atoms with E-state index in [0.717, 1.165) is 94.2 Å². The van der Waals surface area contributed by atoms with E-state index in [9.17, 15) is 9.18 Å². The molecule has 0 radical (unpaired) electrons. The number of nitrogens with zero attached hydrogens (tertiary/aromatic N) is 2. The first-order valence-corrected chi connectivity index (χ1v) is 15.7. The molecule has 0 saturated carbocycles. The number of benzene rings is 3. The van der Waals surface area contributed by atoms with Crippen molar-refractivity contribution in [2.24, 2.45) is 10.9 Å². The van der Waals surface area contributed by atoms with Crippen molar-refractivity contribution in [1.82, 2.24) is 15.3 Å². The lowest BCUT2D eigenvalue weighted by atomic mass is 9.94. The van der Waals surface area contributed by atoms with Gasteiger partial charge in [-0.25, -0.2) is 9.37 Å². The summed E-state index contributed by atoms with van der Waals surface area (Å²) in [5.41, 5.74) is 11.6. The number of nitrogens with one attached hydrogen (secondary N) is 4. The fourth-order valence-corrected chi connectivity index (χ4v) is 6.52. The minimum Gasteiger partial charge on any atom is -0.366 e. The number of carbonyl (C=O) groups excluding carboxylic acids is 1. The van der Waals surface area contributed by atoms with Crippen molar-refractivity contribution in [1.29, 1.82) is 0 Å². The van der Waals surface area contributed by atoms with Crippen LogP contribution in [-0.4, -0.2) is 41.3 Å². The van der Waals surface area contributed by atoms with E-state index in [-0.39, 0.29) is 11.7 Å². The number of piperidine rings is 1. The molecule has 2 aliphatic heterocycles. The average molecular weight is 601 g/mol. The van der Waals surface area contributed by atoms with Crippen molar-refractivity contribution >= 4 is 28.6 Å². The fourth-order valence-electron chi connectivity index (χ4n) is 6.52. The Morgan fingerprint density at radius 3 is 2.58 bits per heavy atom. The van der Waals surface area contributed by atoms with Gasteiger partial charge in [-0.1, -0.05) is 42.0 Å². The summed E-state index contributed by atoms with van der Waals surface area (Å²) in [6, 6.07) is 19.1. The molecule has 0 atom stereocenters. The number of anilines is 2. The van der Waals surface area contributed by atoms with Gasteiger partial charge in [0, 0.05) is 41.0 Å². The maximum Gasteiger partial charge on any atom is 0.224 e. The summed E-state index contributed by atoms with van der Waals surface area (Å²) in [6.45, 7) is 6.56. The zero-order valence-corrected chi connectivity index (χ0v) is 25.6. The van der Waals surface area contributed by atoms with Crippen molar-refractivity contribution in [3.8, 4) is 11.1 Å². The molecule has 1 aromatic heterocycles. The molecule has 1 fully saturated rings. The number of allylic oxidation sites excluding steroid dienone is 3. The zero-order chi connectivity index (χ0) is 30.9. The molecule has 1 aliphatic carbocycles. The summed E-state index contributed by atoms with van der Waals surface area (Å²) in [4.78, 5) is 26.4. The Bertz CT molecular complexity index is 1860. The normalized spacial score (nSPS) is 16.4. The summed E-state index contributed by atoms with van der Waals surface area (Å²) in [7, 11) is 0. The highest BCUT2D eigenvalue weighted by Gasteiger charge is 2.24. The maximum absolute atomic E-state index is 13.7. The number of hydrogen-bond donors (Lipinski definition) is 4. The first-order valence-electron chi connectivity index (χ1n) is 15.7. The Morgan fingerprint density at radius 2 is 1.76 bits per heavy atom. The van der Waals surface area contributed by atoms with Crippen LogP contribution in [0.15, 0.2) is 83.4 Å². The molecule has 1 amide bonds. The lowest BCUT2D eigenvalue weighted by molar-refractivity contribution is -0.117. The van der Waals surface area contributed by atoms with Gasteiger partial charge in [0.25, 0.3) is 0 Å². The van der Waals surface area contributed by atoms with Gasteiger partial charge >= 0.3 is 0 Å². The molecule has 4 aromatic rings. The molecule has 0 unspecified atom stereocenters. The average Bonchev–Trinajstić information content (AvgIpc) is 3.37. The second-order valence-electron chi connectivity index (χ2n) is 12.3. The Kier molecular flexibility index (Phi) is 7.90. The molecule has 4 N–H and O–H groups in total. The number of H-pyrrole nitrogens is 1. The number of carbonyl (C=O) groups is 1. The van der Waals surface area contributed by atoms with E-state index >= 15 is 0 Å². The minimum atomic E-state index is -0.264. The highest BCUT2D eigenvalue weighted by atomic mass is 19.1. The molecule has 3 aliphatic rings. The topological polar surface area (TPSA) is 94.2 Å². The first-order chi connectivity index (χ1) is 21.9. The van der Waals surface area contributed by atoms with Crippen LogP contribution in [-0.2, 0) is 11.2 Å². The van der Waals surface area contributed by atoms with Crippen LogP contribution in [0.3, 0.4) is 0 Å². The Hall–Kier alpha value is -4.82. The number of halogens is 1. The Labute approximate surface area is 262 Å². The van der Waals surface area contributed by atoms with Crippen LogP contribution in [0.4, 0.5) is 15.8 Å². The van der Waals surface area contributed by atoms with Crippen LogP contribution in [0.1, 0.15) is 60.1 Å². The number of rotatable bonds is 6. The smallest absolute Gasteiger partial charge is 0.224 e. The zero-order valence-electron chi connectivity index (χ0n) is 25.6. The summed E-state index contributed by atoms with van der Waals surface area (Å²) >= 11 is 0. The van der Waals surface area contributed by atoms with Crippen molar-refractivity contribution in [2.45, 2.75) is 39.5 Å². The van der Waals surface area contributed by atoms with Crippen LogP contribution in [0.25, 0.3) is 16.7 Å². The lowest BCUT2D eigenvalue weighted by Crippen LogP contribution is -2.30. The lowest BCUT2D eigenvalue weighted by Gasteiger charge is -2.22. The highest BCUT2D eigenvalue weighted by molar-refractivity contribution is 6.15. The molecule has 1 saturated heterocycles. The van der Waals surface area contributed by atoms with Crippen molar-refractivity contribution in [3.05, 3.63) is 118 Å². The second kappa shape index (κ2) is 12.3. The summed E-state index contributed by atoms with van der Waals surface area (Å²) < 4.78 is 13.7. The SMILES string of the molecule is CC1=CC=C(c2ccc(F)cc2)c2nc(C3=NCNc4ccc(-c5cc(C)cc(NC(=O)CC6CCNCC6)c5)cc43)[nH]c2C1. The maximum atomic E-state index is 13.7. The fraction of sp³-hybridized carbons (Fsp3) is 0.270. The van der Waals surface area contributed by atoms with Gasteiger partial charge in [0.2, 0.25) is 5.91 Å². The molecular formula is C37H37FN6O. The first kappa shape index (κ1) is 28.9. The van der Waals surface area contributed by atoms with Crippen LogP contribution in [0.2, 0.25) is 0 Å². The highest BCUT2D eigenvalue weighted by Crippen LogP contribution is 2.34. The van der Waals surface area contributed by atoms with E-state index in [1.165, 1.54) is 17.7 Å². The largest absolute Gasteiger partial charge is 0.366 e. The van der Waals surface area contributed by atoms with Crippen molar-refractivity contribution in [2.75, 3.05) is 30.4 Å². The predicted molar refractivity (Wildman–Crippen MR) is 179 cm³/mol. The van der Waals surface area contributed by atoms with Crippen LogP contribution >= 0.6 is 0 Å². The predicted octanol–water partition coefficient (Wildman–Crippen LogP) is 7.01. The second-order valence-corrected chi connectivity index (χ2v) is 12.3. The van der Waals surface area contributed by atoms with E-state index in [2.05, 4.69) is 71.2 Å². The van der Waals surface area contributed by atoms with E-state index < -0.39 is 0 Å². The third-order valence-corrected chi connectivity index (χ3v) is 8.81. The number of aromatic amines is 1. The summed E-state index contributed by atoms with van der Waals surface area (Å²) in [5.74, 6) is 0.941. The van der Waals surface area contributed by atoms with Crippen molar-refractivity contribution < 1.29 is 9.18 Å². The molecular weight excluding hydrogens is 563 g/mol.